The van der Waals surface area contributed by atoms with Crippen molar-refractivity contribution in [3.05, 3.63) is 74.4 Å². The molecule has 0 spiro atoms. The van der Waals surface area contributed by atoms with Gasteiger partial charge in [0.15, 0.2) is 0 Å². The first kappa shape index (κ1) is 21.8. The highest BCUT2D eigenvalue weighted by atomic mass is 19.1. The van der Waals surface area contributed by atoms with Crippen LogP contribution in [0.15, 0.2) is 40.1 Å². The second kappa shape index (κ2) is 8.58. The maximum Gasteiger partial charge on any atom is 0.329 e. The first-order chi connectivity index (χ1) is 15.3. The molecular formula is C21H19F3N4O4. The Hall–Kier alpha value is -3.47. The number of aromatic amines is 1. The van der Waals surface area contributed by atoms with Gasteiger partial charge in [-0.3, -0.25) is 14.6 Å². The van der Waals surface area contributed by atoms with Gasteiger partial charge in [0.05, 0.1) is 35.4 Å². The molecule has 0 aliphatic carbocycles. The average molecular weight is 448 g/mol. The third kappa shape index (κ3) is 4.03. The van der Waals surface area contributed by atoms with E-state index < -0.39 is 52.6 Å². The predicted octanol–water partition coefficient (Wildman–Crippen LogP) is 1.96. The van der Waals surface area contributed by atoms with Crippen LogP contribution in [0.4, 0.5) is 13.2 Å². The molecule has 3 atom stereocenters. The number of ether oxygens (including phenoxy) is 1. The normalized spacial score (nSPS) is 17.9. The van der Waals surface area contributed by atoms with Gasteiger partial charge < -0.3 is 15.0 Å². The molecule has 32 heavy (non-hydrogen) atoms. The van der Waals surface area contributed by atoms with Crippen LogP contribution in [0.25, 0.3) is 10.9 Å². The fourth-order valence-corrected chi connectivity index (χ4v) is 3.91. The van der Waals surface area contributed by atoms with E-state index in [-0.39, 0.29) is 23.2 Å². The van der Waals surface area contributed by atoms with Gasteiger partial charge in [0.2, 0.25) is 5.91 Å². The summed E-state index contributed by atoms with van der Waals surface area (Å²) < 4.78 is 47.1. The zero-order valence-electron chi connectivity index (χ0n) is 16.9. The number of fused-ring (bicyclic) bond motifs is 1. The largest absolute Gasteiger partial charge is 0.381 e. The number of halogens is 3. The van der Waals surface area contributed by atoms with Crippen molar-refractivity contribution in [1.29, 1.82) is 0 Å². The molecule has 2 N–H and O–H groups in total. The van der Waals surface area contributed by atoms with E-state index in [1.807, 2.05) is 0 Å². The average Bonchev–Trinajstić information content (AvgIpc) is 3.25. The fourth-order valence-electron chi connectivity index (χ4n) is 3.91. The Bertz CT molecular complexity index is 1300. The Morgan fingerprint density at radius 1 is 1.25 bits per heavy atom. The lowest BCUT2D eigenvalue weighted by atomic mass is 9.97. The summed E-state index contributed by atoms with van der Waals surface area (Å²) in [5.74, 6) is -3.77. The molecule has 1 fully saturated rings. The summed E-state index contributed by atoms with van der Waals surface area (Å²) in [7, 11) is 0. The Morgan fingerprint density at radius 3 is 2.72 bits per heavy atom. The lowest BCUT2D eigenvalue weighted by molar-refractivity contribution is -0.126. The maximum atomic E-state index is 14.1. The molecule has 0 bridgehead atoms. The first-order valence-electron chi connectivity index (χ1n) is 9.89. The molecule has 3 aromatic rings. The molecule has 0 saturated carbocycles. The van der Waals surface area contributed by atoms with E-state index in [1.165, 1.54) is 13.0 Å². The van der Waals surface area contributed by atoms with E-state index in [1.54, 1.807) is 0 Å². The Labute approximate surface area is 179 Å². The van der Waals surface area contributed by atoms with Gasteiger partial charge in [-0.05, 0) is 31.5 Å². The number of hydrogen-bond acceptors (Lipinski definition) is 5. The molecule has 3 heterocycles. The standard InChI is InChI=1S/C21H19F3N4O4/c1-10(17-15(24)7-13(23)8-25-17)26-19(29)18(11-4-5-32-9-11)28-20(30)14-6-12(22)2-3-16(14)27-21(28)31/h2-3,6-8,10-11,18H,4-5,9H2,1H3,(H,26,29)(H,27,31)/t10-,11-,18+/m0/s1. The van der Waals surface area contributed by atoms with Crippen LogP contribution in [0.3, 0.4) is 0 Å². The number of aromatic nitrogens is 3. The second-order valence-corrected chi connectivity index (χ2v) is 7.61. The molecule has 168 valence electrons. The van der Waals surface area contributed by atoms with Gasteiger partial charge in [-0.2, -0.15) is 0 Å². The van der Waals surface area contributed by atoms with Crippen LogP contribution in [0.5, 0.6) is 0 Å². The summed E-state index contributed by atoms with van der Waals surface area (Å²) in [5.41, 5.74) is -1.76. The summed E-state index contributed by atoms with van der Waals surface area (Å²) in [5, 5.41) is 2.44. The van der Waals surface area contributed by atoms with Crippen molar-refractivity contribution in [3.8, 4) is 0 Å². The highest BCUT2D eigenvalue weighted by Gasteiger charge is 2.36. The van der Waals surface area contributed by atoms with E-state index in [4.69, 9.17) is 4.74 Å². The summed E-state index contributed by atoms with van der Waals surface area (Å²) >= 11 is 0. The lowest BCUT2D eigenvalue weighted by Crippen LogP contribution is -2.48. The van der Waals surface area contributed by atoms with Crippen LogP contribution in [-0.4, -0.2) is 33.7 Å². The van der Waals surface area contributed by atoms with Gasteiger partial charge in [-0.25, -0.2) is 22.5 Å². The SMILES string of the molecule is C[C@H](NC(=O)[C@@H]([C@H]1CCOC1)n1c(=O)[nH]c2ccc(F)cc2c1=O)c1ncc(F)cc1F. The summed E-state index contributed by atoms with van der Waals surface area (Å²) in [6.07, 6.45) is 1.21. The Morgan fingerprint density at radius 2 is 2.03 bits per heavy atom. The third-order valence-electron chi connectivity index (χ3n) is 5.45. The van der Waals surface area contributed by atoms with Gasteiger partial charge in [-0.1, -0.05) is 0 Å². The molecule has 2 aromatic heterocycles. The lowest BCUT2D eigenvalue weighted by Gasteiger charge is -2.25. The van der Waals surface area contributed by atoms with Crippen molar-refractivity contribution in [1.82, 2.24) is 19.9 Å². The Balaban J connectivity index is 1.76. The zero-order chi connectivity index (χ0) is 23.0. The summed E-state index contributed by atoms with van der Waals surface area (Å²) in [4.78, 5) is 45.3. The first-order valence-corrected chi connectivity index (χ1v) is 9.89. The number of carbonyl (C=O) groups is 1. The zero-order valence-corrected chi connectivity index (χ0v) is 16.9. The van der Waals surface area contributed by atoms with Gasteiger partial charge >= 0.3 is 5.69 Å². The smallest absolute Gasteiger partial charge is 0.329 e. The quantitative estimate of drug-likeness (QED) is 0.621. The van der Waals surface area contributed by atoms with Crippen molar-refractivity contribution >= 4 is 16.8 Å². The van der Waals surface area contributed by atoms with Gasteiger partial charge in [0.1, 0.15) is 23.5 Å². The van der Waals surface area contributed by atoms with Crippen LogP contribution >= 0.6 is 0 Å². The van der Waals surface area contributed by atoms with E-state index in [0.717, 1.165) is 22.9 Å². The van der Waals surface area contributed by atoms with Gasteiger partial charge in [0, 0.05) is 18.6 Å². The highest BCUT2D eigenvalue weighted by Crippen LogP contribution is 2.26. The van der Waals surface area contributed by atoms with Crippen molar-refractivity contribution in [2.45, 2.75) is 25.4 Å². The monoisotopic (exact) mass is 448 g/mol. The number of H-pyrrole nitrogens is 1. The van der Waals surface area contributed by atoms with E-state index >= 15 is 0 Å². The molecule has 1 saturated heterocycles. The summed E-state index contributed by atoms with van der Waals surface area (Å²) in [6.45, 7) is 1.88. The second-order valence-electron chi connectivity index (χ2n) is 7.61. The van der Waals surface area contributed by atoms with E-state index in [0.29, 0.717) is 19.1 Å². The highest BCUT2D eigenvalue weighted by molar-refractivity contribution is 5.82. The number of nitrogens with zero attached hydrogens (tertiary/aromatic N) is 2. The molecule has 1 aliphatic rings. The van der Waals surface area contributed by atoms with Crippen molar-refractivity contribution in [2.75, 3.05) is 13.2 Å². The molecule has 0 unspecified atom stereocenters. The minimum absolute atomic E-state index is 0.0967. The van der Waals surface area contributed by atoms with Gasteiger partial charge in [0.25, 0.3) is 5.56 Å². The minimum atomic E-state index is -1.30. The predicted molar refractivity (Wildman–Crippen MR) is 107 cm³/mol. The van der Waals surface area contributed by atoms with Crippen LogP contribution < -0.4 is 16.6 Å². The molecular weight excluding hydrogens is 429 g/mol. The van der Waals surface area contributed by atoms with Crippen molar-refractivity contribution < 1.29 is 22.7 Å². The molecule has 4 rings (SSSR count). The topological polar surface area (TPSA) is 106 Å². The van der Waals surface area contributed by atoms with E-state index in [9.17, 15) is 27.6 Å². The fraction of sp³-hybridized carbons (Fsp3) is 0.333. The maximum absolute atomic E-state index is 14.1. The number of carbonyl (C=O) groups excluding carboxylic acids is 1. The van der Waals surface area contributed by atoms with Crippen LogP contribution in [0, 0.1) is 23.4 Å². The minimum Gasteiger partial charge on any atom is -0.381 e. The molecule has 1 aliphatic heterocycles. The Kier molecular flexibility index (Phi) is 5.83. The number of amides is 1. The number of nitrogens with one attached hydrogen (secondary N) is 2. The summed E-state index contributed by atoms with van der Waals surface area (Å²) in [6, 6.07) is 1.69. The molecule has 1 amide bonds. The molecule has 8 nitrogen and oxygen atoms in total. The van der Waals surface area contributed by atoms with Crippen LogP contribution in [-0.2, 0) is 9.53 Å². The third-order valence-corrected chi connectivity index (χ3v) is 5.45. The number of benzene rings is 1. The van der Waals surface area contributed by atoms with Crippen LogP contribution in [0.1, 0.15) is 31.1 Å². The van der Waals surface area contributed by atoms with Crippen molar-refractivity contribution in [2.24, 2.45) is 5.92 Å². The number of hydrogen-bond donors (Lipinski definition) is 2. The number of pyridine rings is 1. The van der Waals surface area contributed by atoms with Gasteiger partial charge in [-0.15, -0.1) is 0 Å². The van der Waals surface area contributed by atoms with E-state index in [2.05, 4.69) is 15.3 Å². The molecule has 0 radical (unpaired) electrons. The number of rotatable bonds is 5. The molecule has 1 aromatic carbocycles. The van der Waals surface area contributed by atoms with Crippen molar-refractivity contribution in [3.63, 3.8) is 0 Å². The van der Waals surface area contributed by atoms with Crippen LogP contribution in [0.2, 0.25) is 0 Å². The molecule has 11 heteroatoms.